The second-order valence-corrected chi connectivity index (χ2v) is 6.10. The Morgan fingerprint density at radius 2 is 2.18 bits per heavy atom. The Hall–Kier alpha value is -0.970. The van der Waals surface area contributed by atoms with Crippen LogP contribution in [0.5, 0.6) is 11.5 Å². The van der Waals surface area contributed by atoms with Crippen LogP contribution < -0.4 is 14.8 Å². The molecular weight excluding hydrogens is 302 g/mol. The van der Waals surface area contributed by atoms with Gasteiger partial charge in [0.25, 0.3) is 0 Å². The number of halogens is 1. The lowest BCUT2D eigenvalue weighted by atomic mass is 10.0. The maximum absolute atomic E-state index is 9.91. The molecular formula is C17H28ClNO3. The van der Waals surface area contributed by atoms with Gasteiger partial charge in [0.2, 0.25) is 0 Å². The van der Waals surface area contributed by atoms with Gasteiger partial charge >= 0.3 is 0 Å². The Balaban J connectivity index is 0.00000242. The number of aryl methyl sites for hydroxylation is 1. The van der Waals surface area contributed by atoms with Gasteiger partial charge in [-0.05, 0) is 44.4 Å². The normalized spacial score (nSPS) is 18.1. The van der Waals surface area contributed by atoms with Gasteiger partial charge in [-0.3, -0.25) is 0 Å². The molecule has 0 aliphatic carbocycles. The Labute approximate surface area is 139 Å². The van der Waals surface area contributed by atoms with Crippen molar-refractivity contribution in [3.63, 3.8) is 0 Å². The monoisotopic (exact) mass is 329 g/mol. The van der Waals surface area contributed by atoms with Gasteiger partial charge in [-0.25, -0.2) is 0 Å². The van der Waals surface area contributed by atoms with Crippen molar-refractivity contribution < 1.29 is 14.6 Å². The predicted molar refractivity (Wildman–Crippen MR) is 91.4 cm³/mol. The van der Waals surface area contributed by atoms with E-state index in [0.717, 1.165) is 30.9 Å². The lowest BCUT2D eigenvalue weighted by Gasteiger charge is -2.23. The third-order valence-electron chi connectivity index (χ3n) is 3.66. The van der Waals surface area contributed by atoms with Crippen molar-refractivity contribution in [2.75, 3.05) is 13.2 Å². The molecule has 0 amide bonds. The van der Waals surface area contributed by atoms with Crippen molar-refractivity contribution >= 4 is 12.4 Å². The van der Waals surface area contributed by atoms with E-state index in [-0.39, 0.29) is 18.5 Å². The smallest absolute Gasteiger partial charge is 0.126 e. The zero-order chi connectivity index (χ0) is 15.2. The van der Waals surface area contributed by atoms with Crippen molar-refractivity contribution in [1.82, 2.24) is 5.32 Å². The zero-order valence-electron chi connectivity index (χ0n) is 13.7. The zero-order valence-corrected chi connectivity index (χ0v) is 14.5. The van der Waals surface area contributed by atoms with Gasteiger partial charge in [0.15, 0.2) is 0 Å². The van der Waals surface area contributed by atoms with Crippen LogP contribution in [0.4, 0.5) is 0 Å². The first-order valence-electron chi connectivity index (χ1n) is 7.88. The van der Waals surface area contributed by atoms with Crippen LogP contribution in [-0.4, -0.2) is 36.5 Å². The van der Waals surface area contributed by atoms with E-state index >= 15 is 0 Å². The fraction of sp³-hybridized carbons (Fsp3) is 0.647. The summed E-state index contributed by atoms with van der Waals surface area (Å²) in [6.45, 7) is 7.39. The summed E-state index contributed by atoms with van der Waals surface area (Å²) in [6, 6.07) is 6.39. The molecule has 2 rings (SSSR count). The number of ether oxygens (including phenoxy) is 2. The van der Waals surface area contributed by atoms with Crippen LogP contribution in [0.25, 0.3) is 0 Å². The average molecular weight is 330 g/mol. The van der Waals surface area contributed by atoms with Crippen LogP contribution in [0.2, 0.25) is 0 Å². The molecule has 0 saturated carbocycles. The number of hydrogen-bond acceptors (Lipinski definition) is 4. The van der Waals surface area contributed by atoms with E-state index in [1.807, 2.05) is 12.1 Å². The molecule has 0 spiro atoms. The van der Waals surface area contributed by atoms with Gasteiger partial charge in [0, 0.05) is 12.1 Å². The van der Waals surface area contributed by atoms with Gasteiger partial charge in [0.05, 0.1) is 12.2 Å². The predicted octanol–water partition coefficient (Wildman–Crippen LogP) is 2.95. The van der Waals surface area contributed by atoms with Crippen LogP contribution in [0.3, 0.4) is 0 Å². The fourth-order valence-electron chi connectivity index (χ4n) is 2.39. The van der Waals surface area contributed by atoms with Gasteiger partial charge in [-0.1, -0.05) is 19.9 Å². The minimum atomic E-state index is -0.452. The molecule has 0 radical (unpaired) electrons. The van der Waals surface area contributed by atoms with Gasteiger partial charge in [-0.2, -0.15) is 0 Å². The quantitative estimate of drug-likeness (QED) is 0.807. The molecule has 1 heterocycles. The second-order valence-electron chi connectivity index (χ2n) is 6.10. The summed E-state index contributed by atoms with van der Waals surface area (Å²) in [5, 5.41) is 13.2. The van der Waals surface area contributed by atoms with E-state index in [4.69, 9.17) is 9.47 Å². The van der Waals surface area contributed by atoms with E-state index in [2.05, 4.69) is 32.2 Å². The highest BCUT2D eigenvalue weighted by Crippen LogP contribution is 2.31. The summed E-state index contributed by atoms with van der Waals surface area (Å²) in [7, 11) is 0. The fourth-order valence-corrected chi connectivity index (χ4v) is 2.39. The third kappa shape index (κ3) is 6.03. The molecule has 2 unspecified atom stereocenters. The van der Waals surface area contributed by atoms with E-state index in [1.165, 1.54) is 5.56 Å². The molecule has 126 valence electrons. The average Bonchev–Trinajstić information content (AvgIpc) is 2.44. The molecule has 5 heteroatoms. The minimum Gasteiger partial charge on any atom is -0.491 e. The molecule has 4 nitrogen and oxygen atoms in total. The van der Waals surface area contributed by atoms with Gasteiger partial charge in [0.1, 0.15) is 18.1 Å². The van der Waals surface area contributed by atoms with E-state index in [9.17, 15) is 5.11 Å². The van der Waals surface area contributed by atoms with Crippen LogP contribution in [-0.2, 0) is 6.42 Å². The van der Waals surface area contributed by atoms with E-state index in [1.54, 1.807) is 0 Å². The first-order chi connectivity index (χ1) is 10.0. The van der Waals surface area contributed by atoms with Crippen LogP contribution >= 0.6 is 12.4 Å². The summed E-state index contributed by atoms with van der Waals surface area (Å²) in [5.74, 6) is 1.68. The molecule has 1 aliphatic heterocycles. The number of aliphatic hydroxyl groups excluding tert-OH is 1. The highest BCUT2D eigenvalue weighted by molar-refractivity contribution is 5.85. The Kier molecular flexibility index (Phi) is 8.01. The summed E-state index contributed by atoms with van der Waals surface area (Å²) < 4.78 is 11.5. The maximum Gasteiger partial charge on any atom is 0.126 e. The molecule has 1 aromatic rings. The number of nitrogens with one attached hydrogen (secondary N) is 1. The van der Waals surface area contributed by atoms with Crippen LogP contribution in [0, 0.1) is 0 Å². The molecule has 1 aromatic carbocycles. The van der Waals surface area contributed by atoms with Crippen molar-refractivity contribution in [2.45, 2.75) is 58.3 Å². The molecule has 0 saturated heterocycles. The second kappa shape index (κ2) is 9.23. The van der Waals surface area contributed by atoms with Crippen molar-refractivity contribution in [3.05, 3.63) is 23.8 Å². The molecule has 0 fully saturated rings. The summed E-state index contributed by atoms with van der Waals surface area (Å²) in [4.78, 5) is 0. The molecule has 1 aliphatic rings. The molecule has 0 aromatic heterocycles. The Bertz CT molecular complexity index is 454. The molecule has 2 N–H and O–H groups in total. The van der Waals surface area contributed by atoms with Crippen LogP contribution in [0.1, 0.15) is 39.2 Å². The number of benzene rings is 1. The highest BCUT2D eigenvalue weighted by Gasteiger charge is 2.16. The Morgan fingerprint density at radius 3 is 2.91 bits per heavy atom. The van der Waals surface area contributed by atoms with Crippen molar-refractivity contribution in [3.8, 4) is 11.5 Å². The van der Waals surface area contributed by atoms with E-state index in [0.29, 0.717) is 19.1 Å². The third-order valence-corrected chi connectivity index (χ3v) is 3.66. The number of rotatable bonds is 7. The maximum atomic E-state index is 9.91. The van der Waals surface area contributed by atoms with Crippen molar-refractivity contribution in [2.24, 2.45) is 0 Å². The summed E-state index contributed by atoms with van der Waals surface area (Å²) in [5.41, 5.74) is 1.24. The lowest BCUT2D eigenvalue weighted by molar-refractivity contribution is 0.0990. The highest BCUT2D eigenvalue weighted by atomic mass is 35.5. The van der Waals surface area contributed by atoms with Crippen molar-refractivity contribution in [1.29, 1.82) is 0 Å². The number of hydrogen-bond donors (Lipinski definition) is 2. The first-order valence-corrected chi connectivity index (χ1v) is 7.88. The molecule has 22 heavy (non-hydrogen) atoms. The van der Waals surface area contributed by atoms with Gasteiger partial charge in [-0.15, -0.1) is 12.4 Å². The summed E-state index contributed by atoms with van der Waals surface area (Å²) in [6.07, 6.45) is 2.62. The van der Waals surface area contributed by atoms with Gasteiger partial charge < -0.3 is 19.9 Å². The van der Waals surface area contributed by atoms with E-state index < -0.39 is 6.10 Å². The standard InChI is InChI=1S/C17H27NO3.ClH/c1-12(2)18-9-8-15(19)11-20-16-7-6-14-5-4-13(3)21-17(14)10-16;/h6-7,10,12-13,15,18-19H,4-5,8-9,11H2,1-3H3;1H. The Morgan fingerprint density at radius 1 is 1.41 bits per heavy atom. The molecule has 2 atom stereocenters. The number of aliphatic hydroxyl groups is 1. The molecule has 0 bridgehead atoms. The largest absolute Gasteiger partial charge is 0.491 e. The lowest BCUT2D eigenvalue weighted by Crippen LogP contribution is -2.28. The topological polar surface area (TPSA) is 50.7 Å². The minimum absolute atomic E-state index is 0. The van der Waals surface area contributed by atoms with Crippen LogP contribution in [0.15, 0.2) is 18.2 Å². The number of fused-ring (bicyclic) bond motifs is 1. The first kappa shape index (κ1) is 19.1. The SMILES string of the molecule is CC(C)NCCC(O)COc1ccc2c(c1)OC(C)CC2.Cl. The summed E-state index contributed by atoms with van der Waals surface area (Å²) >= 11 is 0.